The summed E-state index contributed by atoms with van der Waals surface area (Å²) in [6, 6.07) is 18.9. The maximum atomic E-state index is 13.2. The number of esters is 1. The van der Waals surface area contributed by atoms with E-state index < -0.39 is 17.9 Å². The van der Waals surface area contributed by atoms with Crippen molar-refractivity contribution >= 4 is 11.9 Å². The number of ether oxygens (including phenoxy) is 1. The molecular formula is C24H22FNO4. The highest BCUT2D eigenvalue weighted by Gasteiger charge is 2.30. The van der Waals surface area contributed by atoms with Gasteiger partial charge in [-0.2, -0.15) is 0 Å². The lowest BCUT2D eigenvalue weighted by molar-refractivity contribution is -0.156. The minimum absolute atomic E-state index is 0.0656. The zero-order chi connectivity index (χ0) is 20.9. The fourth-order valence-electron chi connectivity index (χ4n) is 3.10. The van der Waals surface area contributed by atoms with Crippen LogP contribution in [-0.2, 0) is 20.7 Å². The average molecular weight is 407 g/mol. The summed E-state index contributed by atoms with van der Waals surface area (Å²) in [5.74, 6) is 0.0618. The van der Waals surface area contributed by atoms with E-state index in [0.29, 0.717) is 17.7 Å². The molecule has 1 atom stereocenters. The Bertz CT molecular complexity index is 1010. The smallest absolute Gasteiger partial charge is 0.307 e. The molecule has 1 aromatic heterocycles. The summed E-state index contributed by atoms with van der Waals surface area (Å²) in [5.41, 5.74) is 1.40. The summed E-state index contributed by atoms with van der Waals surface area (Å²) < 4.78 is 24.5. The van der Waals surface area contributed by atoms with Crippen molar-refractivity contribution in [1.82, 2.24) is 5.32 Å². The Morgan fingerprint density at radius 3 is 2.47 bits per heavy atom. The van der Waals surface area contributed by atoms with Crippen molar-refractivity contribution in [2.45, 2.75) is 37.8 Å². The van der Waals surface area contributed by atoms with Crippen LogP contribution in [0.2, 0.25) is 0 Å². The number of furan rings is 1. The monoisotopic (exact) mass is 407 g/mol. The van der Waals surface area contributed by atoms with Crippen LogP contribution >= 0.6 is 0 Å². The molecule has 1 saturated carbocycles. The van der Waals surface area contributed by atoms with Crippen molar-refractivity contribution < 1.29 is 23.1 Å². The number of rotatable bonds is 8. The van der Waals surface area contributed by atoms with E-state index in [1.165, 1.54) is 24.3 Å². The maximum absolute atomic E-state index is 13.2. The number of carbonyl (C=O) groups is 2. The van der Waals surface area contributed by atoms with E-state index in [4.69, 9.17) is 9.15 Å². The fraction of sp³-hybridized carbons (Fsp3) is 0.250. The van der Waals surface area contributed by atoms with Gasteiger partial charge in [0.15, 0.2) is 0 Å². The molecule has 1 N–H and O–H groups in total. The third-order valence-corrected chi connectivity index (χ3v) is 4.88. The standard InChI is InChI=1S/C24H22FNO4/c25-18-8-6-17(7-9-18)23(24(28)26-19-10-11-19)30-22(27)15-13-20-12-14-21(29-20)16-4-2-1-3-5-16/h1-9,12,14,19,23H,10-11,13,15H2,(H,26,28)/t23-/m1/s1. The molecule has 154 valence electrons. The van der Waals surface area contributed by atoms with Gasteiger partial charge in [-0.05, 0) is 37.1 Å². The number of halogens is 1. The van der Waals surface area contributed by atoms with Crippen LogP contribution in [0.4, 0.5) is 4.39 Å². The van der Waals surface area contributed by atoms with Gasteiger partial charge in [0.25, 0.3) is 5.91 Å². The summed E-state index contributed by atoms with van der Waals surface area (Å²) in [4.78, 5) is 25.0. The summed E-state index contributed by atoms with van der Waals surface area (Å²) >= 11 is 0. The second kappa shape index (κ2) is 8.95. The molecule has 0 bridgehead atoms. The molecule has 0 spiro atoms. The molecule has 1 aliphatic carbocycles. The maximum Gasteiger partial charge on any atom is 0.307 e. The Balaban J connectivity index is 1.38. The Hall–Kier alpha value is -3.41. The van der Waals surface area contributed by atoms with E-state index in [9.17, 15) is 14.0 Å². The van der Waals surface area contributed by atoms with Gasteiger partial charge in [-0.15, -0.1) is 0 Å². The molecule has 4 rings (SSSR count). The van der Waals surface area contributed by atoms with Crippen LogP contribution in [0.3, 0.4) is 0 Å². The van der Waals surface area contributed by atoms with Crippen LogP contribution in [0.25, 0.3) is 11.3 Å². The molecule has 30 heavy (non-hydrogen) atoms. The second-order valence-corrected chi connectivity index (χ2v) is 7.34. The van der Waals surface area contributed by atoms with E-state index in [-0.39, 0.29) is 18.4 Å². The van der Waals surface area contributed by atoms with Crippen molar-refractivity contribution in [2.75, 3.05) is 0 Å². The van der Waals surface area contributed by atoms with Gasteiger partial charge in [-0.25, -0.2) is 4.39 Å². The van der Waals surface area contributed by atoms with Gasteiger partial charge in [0, 0.05) is 23.6 Å². The quantitative estimate of drug-likeness (QED) is 0.555. The molecular weight excluding hydrogens is 385 g/mol. The van der Waals surface area contributed by atoms with Crippen LogP contribution < -0.4 is 5.32 Å². The molecule has 2 aromatic carbocycles. The molecule has 3 aromatic rings. The van der Waals surface area contributed by atoms with Gasteiger partial charge in [0.05, 0.1) is 6.42 Å². The number of aryl methyl sites for hydroxylation is 1. The number of carbonyl (C=O) groups excluding carboxylic acids is 2. The summed E-state index contributed by atoms with van der Waals surface area (Å²) in [6.45, 7) is 0. The summed E-state index contributed by atoms with van der Waals surface area (Å²) in [7, 11) is 0. The molecule has 0 aliphatic heterocycles. The van der Waals surface area contributed by atoms with E-state index in [1.54, 1.807) is 0 Å². The lowest BCUT2D eigenvalue weighted by Gasteiger charge is -2.18. The number of nitrogens with one attached hydrogen (secondary N) is 1. The molecule has 0 radical (unpaired) electrons. The lowest BCUT2D eigenvalue weighted by atomic mass is 10.1. The van der Waals surface area contributed by atoms with Gasteiger partial charge >= 0.3 is 5.97 Å². The minimum atomic E-state index is -1.10. The molecule has 0 unspecified atom stereocenters. The lowest BCUT2D eigenvalue weighted by Crippen LogP contribution is -2.33. The van der Waals surface area contributed by atoms with Gasteiger partial charge in [-0.1, -0.05) is 42.5 Å². The second-order valence-electron chi connectivity index (χ2n) is 7.34. The first kappa shape index (κ1) is 19.9. The molecule has 1 heterocycles. The van der Waals surface area contributed by atoms with Crippen LogP contribution in [0.15, 0.2) is 71.1 Å². The highest BCUT2D eigenvalue weighted by atomic mass is 19.1. The van der Waals surface area contributed by atoms with Crippen LogP contribution in [0.5, 0.6) is 0 Å². The zero-order valence-electron chi connectivity index (χ0n) is 16.3. The van der Waals surface area contributed by atoms with Gasteiger partial charge in [0.2, 0.25) is 6.10 Å². The van der Waals surface area contributed by atoms with Crippen molar-refractivity contribution in [1.29, 1.82) is 0 Å². The van der Waals surface area contributed by atoms with E-state index in [2.05, 4.69) is 5.32 Å². The zero-order valence-corrected chi connectivity index (χ0v) is 16.3. The largest absolute Gasteiger partial charge is 0.461 e. The highest BCUT2D eigenvalue weighted by molar-refractivity contribution is 5.85. The fourth-order valence-corrected chi connectivity index (χ4v) is 3.10. The first-order valence-electron chi connectivity index (χ1n) is 9.98. The molecule has 1 amide bonds. The van der Waals surface area contributed by atoms with Gasteiger partial charge in [0.1, 0.15) is 17.3 Å². The van der Waals surface area contributed by atoms with Crippen molar-refractivity contribution in [3.8, 4) is 11.3 Å². The average Bonchev–Trinajstić information content (AvgIpc) is 3.45. The van der Waals surface area contributed by atoms with Gasteiger partial charge in [-0.3, -0.25) is 9.59 Å². The molecule has 6 heteroatoms. The Morgan fingerprint density at radius 1 is 1.03 bits per heavy atom. The van der Waals surface area contributed by atoms with E-state index >= 15 is 0 Å². The number of amides is 1. The first-order chi connectivity index (χ1) is 14.6. The Kier molecular flexibility index (Phi) is 5.93. The summed E-state index contributed by atoms with van der Waals surface area (Å²) in [6.07, 6.45) is 1.15. The third-order valence-electron chi connectivity index (χ3n) is 4.88. The molecule has 5 nitrogen and oxygen atoms in total. The first-order valence-corrected chi connectivity index (χ1v) is 9.98. The molecule has 1 fully saturated rings. The molecule has 0 saturated heterocycles. The third kappa shape index (κ3) is 5.14. The van der Waals surface area contributed by atoms with Crippen molar-refractivity contribution in [3.63, 3.8) is 0 Å². The van der Waals surface area contributed by atoms with Crippen LogP contribution in [-0.4, -0.2) is 17.9 Å². The number of benzene rings is 2. The topological polar surface area (TPSA) is 68.5 Å². The SMILES string of the molecule is O=C(CCc1ccc(-c2ccccc2)o1)O[C@@H](C(=O)NC1CC1)c1ccc(F)cc1. The van der Waals surface area contributed by atoms with Crippen molar-refractivity contribution in [2.24, 2.45) is 0 Å². The van der Waals surface area contributed by atoms with Crippen LogP contribution in [0.1, 0.15) is 36.7 Å². The van der Waals surface area contributed by atoms with Gasteiger partial charge < -0.3 is 14.5 Å². The van der Waals surface area contributed by atoms with Crippen LogP contribution in [0, 0.1) is 5.82 Å². The molecule has 1 aliphatic rings. The minimum Gasteiger partial charge on any atom is -0.461 e. The highest BCUT2D eigenvalue weighted by Crippen LogP contribution is 2.25. The van der Waals surface area contributed by atoms with E-state index in [0.717, 1.165) is 24.2 Å². The Morgan fingerprint density at radius 2 is 1.77 bits per heavy atom. The summed E-state index contributed by atoms with van der Waals surface area (Å²) in [5, 5.41) is 2.84. The predicted molar refractivity (Wildman–Crippen MR) is 109 cm³/mol. The number of hydrogen-bond donors (Lipinski definition) is 1. The normalized spacial score (nSPS) is 14.2. The predicted octanol–water partition coefficient (Wildman–Crippen LogP) is 4.58. The van der Waals surface area contributed by atoms with E-state index in [1.807, 2.05) is 42.5 Å². The number of hydrogen-bond acceptors (Lipinski definition) is 4. The van der Waals surface area contributed by atoms with Crippen molar-refractivity contribution in [3.05, 3.63) is 83.9 Å². The Labute approximate surface area is 173 Å².